The maximum atomic E-state index is 12.8. The Balaban J connectivity index is 1.76. The third-order valence-corrected chi connectivity index (χ3v) is 5.28. The lowest BCUT2D eigenvalue weighted by atomic mass is 9.91. The summed E-state index contributed by atoms with van der Waals surface area (Å²) < 4.78 is 10.7. The summed E-state index contributed by atoms with van der Waals surface area (Å²) in [5.74, 6) is -3.21. The van der Waals surface area contributed by atoms with E-state index in [1.807, 2.05) is 0 Å². The molecule has 1 atom stereocenters. The van der Waals surface area contributed by atoms with Crippen molar-refractivity contribution < 1.29 is 33.8 Å². The maximum absolute atomic E-state index is 12.8. The molecule has 0 saturated heterocycles. The Labute approximate surface area is 205 Å². The minimum atomic E-state index is -0.934. The van der Waals surface area contributed by atoms with Crippen molar-refractivity contribution in [3.05, 3.63) is 81.4 Å². The van der Waals surface area contributed by atoms with Crippen LogP contribution in [0.15, 0.2) is 57.7 Å². The number of methoxy groups -OCH3 is 1. The van der Waals surface area contributed by atoms with Crippen LogP contribution in [0.1, 0.15) is 39.8 Å². The van der Waals surface area contributed by atoms with Gasteiger partial charge in [-0.2, -0.15) is 0 Å². The van der Waals surface area contributed by atoms with E-state index in [-0.39, 0.29) is 41.5 Å². The van der Waals surface area contributed by atoms with Crippen molar-refractivity contribution in [1.82, 2.24) is 5.32 Å². The molecule has 0 aliphatic heterocycles. The third kappa shape index (κ3) is 6.20. The van der Waals surface area contributed by atoms with Crippen LogP contribution in [0, 0.1) is 6.92 Å². The Bertz CT molecular complexity index is 1350. The highest BCUT2D eigenvalue weighted by atomic mass is 16.5. The molecule has 3 amide bonds. The van der Waals surface area contributed by atoms with Gasteiger partial charge in [-0.3, -0.25) is 19.2 Å². The van der Waals surface area contributed by atoms with Crippen LogP contribution < -0.4 is 26.5 Å². The van der Waals surface area contributed by atoms with E-state index in [9.17, 15) is 29.4 Å². The van der Waals surface area contributed by atoms with E-state index >= 15 is 0 Å². The van der Waals surface area contributed by atoms with Crippen LogP contribution >= 0.6 is 0 Å². The van der Waals surface area contributed by atoms with Gasteiger partial charge in [0, 0.05) is 23.7 Å². The fourth-order valence-corrected chi connectivity index (χ4v) is 3.49. The summed E-state index contributed by atoms with van der Waals surface area (Å²) in [5.41, 5.74) is 5.62. The summed E-state index contributed by atoms with van der Waals surface area (Å²) in [4.78, 5) is 48.3. The second-order valence-electron chi connectivity index (χ2n) is 7.89. The first-order valence-corrected chi connectivity index (χ1v) is 10.8. The van der Waals surface area contributed by atoms with Gasteiger partial charge in [0.05, 0.1) is 19.6 Å². The number of benzene rings is 2. The Morgan fingerprint density at radius 1 is 1.06 bits per heavy atom. The zero-order valence-electron chi connectivity index (χ0n) is 19.5. The number of phenols is 1. The molecule has 0 bridgehead atoms. The number of aromatic hydroxyl groups is 2. The molecule has 0 aliphatic rings. The lowest BCUT2D eigenvalue weighted by molar-refractivity contribution is -0.124. The molecule has 188 valence electrons. The summed E-state index contributed by atoms with van der Waals surface area (Å²) in [7, 11) is 1.35. The normalized spacial score (nSPS) is 11.4. The highest BCUT2D eigenvalue weighted by molar-refractivity contribution is 5.96. The zero-order chi connectivity index (χ0) is 26.4. The van der Waals surface area contributed by atoms with Gasteiger partial charge in [-0.1, -0.05) is 6.07 Å². The second-order valence-corrected chi connectivity index (χ2v) is 7.89. The van der Waals surface area contributed by atoms with Gasteiger partial charge in [-0.05, 0) is 48.9 Å². The predicted octanol–water partition coefficient (Wildman–Crippen LogP) is 1.74. The lowest BCUT2D eigenvalue weighted by Crippen LogP contribution is -2.33. The van der Waals surface area contributed by atoms with Gasteiger partial charge in [0.1, 0.15) is 5.76 Å². The Morgan fingerprint density at radius 3 is 2.39 bits per heavy atom. The average molecular weight is 495 g/mol. The number of primary amides is 1. The number of anilines is 1. The van der Waals surface area contributed by atoms with Gasteiger partial charge < -0.3 is 35.7 Å². The van der Waals surface area contributed by atoms with Crippen molar-refractivity contribution in [3.63, 3.8) is 0 Å². The van der Waals surface area contributed by atoms with Crippen molar-refractivity contribution >= 4 is 23.4 Å². The highest BCUT2D eigenvalue weighted by Gasteiger charge is 2.27. The topological polar surface area (TPSA) is 181 Å². The van der Waals surface area contributed by atoms with E-state index in [0.717, 1.165) is 6.07 Å². The van der Waals surface area contributed by atoms with Crippen LogP contribution in [0.25, 0.3) is 0 Å². The van der Waals surface area contributed by atoms with Crippen molar-refractivity contribution in [1.29, 1.82) is 0 Å². The van der Waals surface area contributed by atoms with Crippen molar-refractivity contribution in [3.8, 4) is 17.2 Å². The SMILES string of the molecule is COc1cc([C@@H](CC(=O)NCC(=O)Nc2ccc(C(N)=O)cc2)c2oc(C)cc(=O)c2O)ccc1O. The van der Waals surface area contributed by atoms with Crippen molar-refractivity contribution in [2.75, 3.05) is 19.0 Å². The summed E-state index contributed by atoms with van der Waals surface area (Å²) in [6.07, 6.45) is -0.297. The van der Waals surface area contributed by atoms with Crippen LogP contribution in [0.3, 0.4) is 0 Å². The Kier molecular flexibility index (Phi) is 7.95. The number of aryl methyl sites for hydroxylation is 1. The zero-order valence-corrected chi connectivity index (χ0v) is 19.5. The number of rotatable bonds is 9. The second kappa shape index (κ2) is 11.1. The molecule has 36 heavy (non-hydrogen) atoms. The standard InChI is InChI=1S/C25H25N3O8/c1-13-9-19(30)23(33)24(36-13)17(15-5-8-18(29)20(10-15)35-2)11-21(31)27-12-22(32)28-16-6-3-14(4-7-16)25(26)34/h3-10,17,29,33H,11-12H2,1-2H3,(H2,26,34)(H,27,31)(H,28,32)/t17-/m1/s1. The van der Waals surface area contributed by atoms with Crippen LogP contribution in [-0.4, -0.2) is 41.6 Å². The maximum Gasteiger partial charge on any atom is 0.248 e. The van der Waals surface area contributed by atoms with E-state index in [4.69, 9.17) is 14.9 Å². The van der Waals surface area contributed by atoms with E-state index in [0.29, 0.717) is 11.3 Å². The van der Waals surface area contributed by atoms with Crippen molar-refractivity contribution in [2.24, 2.45) is 5.73 Å². The van der Waals surface area contributed by atoms with Gasteiger partial charge in [0.25, 0.3) is 0 Å². The lowest BCUT2D eigenvalue weighted by Gasteiger charge is -2.19. The summed E-state index contributed by atoms with van der Waals surface area (Å²) in [6.45, 7) is 1.16. The fourth-order valence-electron chi connectivity index (χ4n) is 3.49. The molecule has 6 N–H and O–H groups in total. The highest BCUT2D eigenvalue weighted by Crippen LogP contribution is 2.37. The minimum Gasteiger partial charge on any atom is -0.504 e. The molecule has 3 aromatic rings. The monoisotopic (exact) mass is 495 g/mol. The molecule has 0 aliphatic carbocycles. The van der Waals surface area contributed by atoms with Crippen LogP contribution in [0.5, 0.6) is 17.2 Å². The predicted molar refractivity (Wildman–Crippen MR) is 129 cm³/mol. The Morgan fingerprint density at radius 2 is 1.75 bits per heavy atom. The third-order valence-electron chi connectivity index (χ3n) is 5.28. The molecule has 1 aromatic heterocycles. The van der Waals surface area contributed by atoms with Crippen LogP contribution in [0.4, 0.5) is 5.69 Å². The van der Waals surface area contributed by atoms with Crippen molar-refractivity contribution in [2.45, 2.75) is 19.3 Å². The number of phenolic OH excluding ortho intramolecular Hbond substituents is 1. The molecular weight excluding hydrogens is 470 g/mol. The van der Waals surface area contributed by atoms with E-state index in [2.05, 4.69) is 10.6 Å². The van der Waals surface area contributed by atoms with Gasteiger partial charge in [0.2, 0.25) is 28.9 Å². The van der Waals surface area contributed by atoms with Gasteiger partial charge in [-0.15, -0.1) is 0 Å². The smallest absolute Gasteiger partial charge is 0.248 e. The molecule has 11 heteroatoms. The molecule has 0 radical (unpaired) electrons. The number of amides is 3. The summed E-state index contributed by atoms with van der Waals surface area (Å²) >= 11 is 0. The molecular formula is C25H25N3O8. The number of nitrogens with two attached hydrogens (primary N) is 1. The largest absolute Gasteiger partial charge is 0.504 e. The van der Waals surface area contributed by atoms with Gasteiger partial charge >= 0.3 is 0 Å². The molecule has 3 rings (SSSR count). The molecule has 1 heterocycles. The molecule has 2 aromatic carbocycles. The number of ether oxygens (including phenoxy) is 1. The van der Waals surface area contributed by atoms with Gasteiger partial charge in [-0.25, -0.2) is 0 Å². The first-order chi connectivity index (χ1) is 17.1. The number of carbonyl (C=O) groups excluding carboxylic acids is 3. The molecule has 0 unspecified atom stereocenters. The minimum absolute atomic E-state index is 0.120. The van der Waals surface area contributed by atoms with E-state index < -0.39 is 34.8 Å². The number of hydrogen-bond acceptors (Lipinski definition) is 8. The molecule has 11 nitrogen and oxygen atoms in total. The molecule has 0 spiro atoms. The van der Waals surface area contributed by atoms with E-state index in [1.165, 1.54) is 56.5 Å². The van der Waals surface area contributed by atoms with Crippen LogP contribution in [0.2, 0.25) is 0 Å². The first-order valence-electron chi connectivity index (χ1n) is 10.8. The first kappa shape index (κ1) is 25.8. The summed E-state index contributed by atoms with van der Waals surface area (Å²) in [6, 6.07) is 11.3. The Hall–Kier alpha value is -4.80. The quantitative estimate of drug-likeness (QED) is 0.297. The number of nitrogens with one attached hydrogen (secondary N) is 2. The molecule has 0 fully saturated rings. The van der Waals surface area contributed by atoms with Gasteiger partial charge in [0.15, 0.2) is 17.3 Å². The molecule has 0 saturated carbocycles. The summed E-state index contributed by atoms with van der Waals surface area (Å²) in [5, 5.41) is 25.4. The average Bonchev–Trinajstić information content (AvgIpc) is 2.84. The van der Waals surface area contributed by atoms with Crippen LogP contribution in [-0.2, 0) is 9.59 Å². The van der Waals surface area contributed by atoms with E-state index in [1.54, 1.807) is 0 Å². The fraction of sp³-hybridized carbons (Fsp3) is 0.200. The number of hydrogen-bond donors (Lipinski definition) is 5. The number of carbonyl (C=O) groups is 3.